The van der Waals surface area contributed by atoms with Crippen molar-refractivity contribution in [2.75, 3.05) is 6.54 Å². The van der Waals surface area contributed by atoms with Gasteiger partial charge in [-0.05, 0) is 42.4 Å². The van der Waals surface area contributed by atoms with Crippen molar-refractivity contribution in [1.82, 2.24) is 0 Å². The molecule has 0 aliphatic carbocycles. The second-order valence-electron chi connectivity index (χ2n) is 4.76. The normalized spacial score (nSPS) is 13.0. The number of rotatable bonds is 5. The standard InChI is InChI=1S/C16H15F4NO/c17-13-6-4-11(5-7-13)15(8-9-21)22-14-3-1-2-12(10-14)16(18,19)20/h1-7,10,15H,8-9,21H2. The summed E-state index contributed by atoms with van der Waals surface area (Å²) in [6.07, 6.45) is -4.56. The fourth-order valence-corrected chi connectivity index (χ4v) is 2.03. The summed E-state index contributed by atoms with van der Waals surface area (Å²) in [6.45, 7) is 0.293. The maximum Gasteiger partial charge on any atom is 0.416 e. The Morgan fingerprint density at radius 1 is 1.05 bits per heavy atom. The van der Waals surface area contributed by atoms with Gasteiger partial charge < -0.3 is 10.5 Å². The molecule has 0 aliphatic rings. The first-order valence-corrected chi connectivity index (χ1v) is 6.69. The average Bonchev–Trinajstić information content (AvgIpc) is 2.47. The van der Waals surface area contributed by atoms with E-state index in [-0.39, 0.29) is 5.75 Å². The summed E-state index contributed by atoms with van der Waals surface area (Å²) >= 11 is 0. The van der Waals surface area contributed by atoms with Gasteiger partial charge in [0.1, 0.15) is 17.7 Å². The van der Waals surface area contributed by atoms with Gasteiger partial charge in [0, 0.05) is 6.42 Å². The first-order chi connectivity index (χ1) is 10.4. The summed E-state index contributed by atoms with van der Waals surface area (Å²) in [6, 6.07) is 10.2. The van der Waals surface area contributed by atoms with Crippen LogP contribution in [0.4, 0.5) is 17.6 Å². The highest BCUT2D eigenvalue weighted by molar-refractivity contribution is 5.31. The molecule has 0 spiro atoms. The van der Waals surface area contributed by atoms with E-state index in [2.05, 4.69) is 0 Å². The molecular formula is C16H15F4NO. The van der Waals surface area contributed by atoms with E-state index < -0.39 is 23.7 Å². The largest absolute Gasteiger partial charge is 0.486 e. The second kappa shape index (κ2) is 6.79. The Balaban J connectivity index is 2.23. The third kappa shape index (κ3) is 4.21. The van der Waals surface area contributed by atoms with E-state index in [9.17, 15) is 17.6 Å². The topological polar surface area (TPSA) is 35.2 Å². The van der Waals surface area contributed by atoms with Crippen LogP contribution in [0.2, 0.25) is 0 Å². The fraction of sp³-hybridized carbons (Fsp3) is 0.250. The van der Waals surface area contributed by atoms with Gasteiger partial charge >= 0.3 is 6.18 Å². The molecule has 2 aromatic carbocycles. The lowest BCUT2D eigenvalue weighted by Crippen LogP contribution is -2.14. The van der Waals surface area contributed by atoms with Crippen LogP contribution in [0.1, 0.15) is 23.7 Å². The Morgan fingerprint density at radius 2 is 1.73 bits per heavy atom. The van der Waals surface area contributed by atoms with Crippen molar-refractivity contribution in [3.05, 3.63) is 65.5 Å². The van der Waals surface area contributed by atoms with Gasteiger partial charge in [-0.25, -0.2) is 4.39 Å². The summed E-state index contributed by atoms with van der Waals surface area (Å²) in [7, 11) is 0. The van der Waals surface area contributed by atoms with Crippen LogP contribution in [0.3, 0.4) is 0 Å². The lowest BCUT2D eigenvalue weighted by Gasteiger charge is -2.20. The van der Waals surface area contributed by atoms with Crippen molar-refractivity contribution in [2.45, 2.75) is 18.7 Å². The van der Waals surface area contributed by atoms with Crippen molar-refractivity contribution in [1.29, 1.82) is 0 Å². The Hall–Kier alpha value is -2.08. The molecular weight excluding hydrogens is 298 g/mol. The van der Waals surface area contributed by atoms with Gasteiger partial charge in [0.05, 0.1) is 5.56 Å². The second-order valence-corrected chi connectivity index (χ2v) is 4.76. The third-order valence-corrected chi connectivity index (χ3v) is 3.11. The minimum Gasteiger partial charge on any atom is -0.486 e. The molecule has 2 aromatic rings. The maximum absolute atomic E-state index is 13.0. The van der Waals surface area contributed by atoms with Crippen LogP contribution in [0.5, 0.6) is 5.75 Å². The molecule has 0 radical (unpaired) electrons. The van der Waals surface area contributed by atoms with E-state index >= 15 is 0 Å². The minimum absolute atomic E-state index is 0.0950. The Morgan fingerprint density at radius 3 is 2.32 bits per heavy atom. The van der Waals surface area contributed by atoms with Gasteiger partial charge in [-0.2, -0.15) is 13.2 Å². The number of alkyl halides is 3. The molecule has 1 atom stereocenters. The average molecular weight is 313 g/mol. The molecule has 0 bridgehead atoms. The van der Waals surface area contributed by atoms with Crippen molar-refractivity contribution in [2.24, 2.45) is 5.73 Å². The van der Waals surface area contributed by atoms with E-state index in [1.807, 2.05) is 0 Å². The Labute approximate surface area is 125 Å². The van der Waals surface area contributed by atoms with Gasteiger partial charge in [-0.1, -0.05) is 18.2 Å². The lowest BCUT2D eigenvalue weighted by molar-refractivity contribution is -0.137. The van der Waals surface area contributed by atoms with E-state index in [0.717, 1.165) is 12.1 Å². The van der Waals surface area contributed by atoms with Gasteiger partial charge in [0.15, 0.2) is 0 Å². The first-order valence-electron chi connectivity index (χ1n) is 6.69. The summed E-state index contributed by atoms with van der Waals surface area (Å²) < 4.78 is 56.7. The summed E-state index contributed by atoms with van der Waals surface area (Å²) in [5, 5.41) is 0. The van der Waals surface area contributed by atoms with Crippen LogP contribution in [0, 0.1) is 5.82 Å². The number of hydrogen-bond acceptors (Lipinski definition) is 2. The SMILES string of the molecule is NCCC(Oc1cccc(C(F)(F)F)c1)c1ccc(F)cc1. The zero-order valence-corrected chi connectivity index (χ0v) is 11.6. The quantitative estimate of drug-likeness (QED) is 0.835. The molecule has 0 saturated heterocycles. The van der Waals surface area contributed by atoms with Gasteiger partial charge in [-0.3, -0.25) is 0 Å². The van der Waals surface area contributed by atoms with E-state index in [1.165, 1.54) is 36.4 Å². The molecule has 2 nitrogen and oxygen atoms in total. The maximum atomic E-state index is 13.0. The van der Waals surface area contributed by atoms with Gasteiger partial charge in [0.25, 0.3) is 0 Å². The molecule has 0 heterocycles. The molecule has 1 unspecified atom stereocenters. The number of halogens is 4. The van der Waals surface area contributed by atoms with Crippen molar-refractivity contribution in [3.63, 3.8) is 0 Å². The van der Waals surface area contributed by atoms with Crippen LogP contribution in [-0.4, -0.2) is 6.54 Å². The highest BCUT2D eigenvalue weighted by Gasteiger charge is 2.30. The molecule has 118 valence electrons. The Kier molecular flexibility index (Phi) is 5.03. The van der Waals surface area contributed by atoms with Crippen molar-refractivity contribution < 1.29 is 22.3 Å². The predicted octanol–water partition coefficient (Wildman–Crippen LogP) is 4.31. The lowest BCUT2D eigenvalue weighted by atomic mass is 10.1. The molecule has 22 heavy (non-hydrogen) atoms. The number of ether oxygens (including phenoxy) is 1. The molecule has 0 amide bonds. The van der Waals surface area contributed by atoms with Crippen LogP contribution >= 0.6 is 0 Å². The fourth-order valence-electron chi connectivity index (χ4n) is 2.03. The van der Waals surface area contributed by atoms with Crippen LogP contribution in [-0.2, 0) is 6.18 Å². The number of benzene rings is 2. The van der Waals surface area contributed by atoms with Crippen molar-refractivity contribution >= 4 is 0 Å². The molecule has 0 fully saturated rings. The zero-order chi connectivity index (χ0) is 16.2. The minimum atomic E-state index is -4.43. The van der Waals surface area contributed by atoms with E-state index in [0.29, 0.717) is 18.5 Å². The molecule has 0 aliphatic heterocycles. The monoisotopic (exact) mass is 313 g/mol. The highest BCUT2D eigenvalue weighted by atomic mass is 19.4. The molecule has 2 N–H and O–H groups in total. The highest BCUT2D eigenvalue weighted by Crippen LogP contribution is 2.33. The summed E-state index contributed by atoms with van der Waals surface area (Å²) in [5.74, 6) is -0.299. The number of hydrogen-bond donors (Lipinski definition) is 1. The molecule has 0 aromatic heterocycles. The van der Waals surface area contributed by atoms with Crippen LogP contribution < -0.4 is 10.5 Å². The van der Waals surface area contributed by atoms with Gasteiger partial charge in [0.2, 0.25) is 0 Å². The van der Waals surface area contributed by atoms with E-state index in [4.69, 9.17) is 10.5 Å². The third-order valence-electron chi connectivity index (χ3n) is 3.11. The van der Waals surface area contributed by atoms with Crippen LogP contribution in [0.25, 0.3) is 0 Å². The summed E-state index contributed by atoms with van der Waals surface area (Å²) in [5.41, 5.74) is 5.39. The molecule has 0 saturated carbocycles. The van der Waals surface area contributed by atoms with Gasteiger partial charge in [-0.15, -0.1) is 0 Å². The Bertz CT molecular complexity index is 610. The smallest absolute Gasteiger partial charge is 0.416 e. The predicted molar refractivity (Wildman–Crippen MR) is 74.9 cm³/mol. The first kappa shape index (κ1) is 16.3. The number of nitrogens with two attached hydrogens (primary N) is 1. The molecule has 6 heteroatoms. The van der Waals surface area contributed by atoms with E-state index in [1.54, 1.807) is 0 Å². The zero-order valence-electron chi connectivity index (χ0n) is 11.6. The van der Waals surface area contributed by atoms with Crippen molar-refractivity contribution in [3.8, 4) is 5.75 Å². The summed E-state index contributed by atoms with van der Waals surface area (Å²) in [4.78, 5) is 0. The molecule has 2 rings (SSSR count). The van der Waals surface area contributed by atoms with Crippen LogP contribution in [0.15, 0.2) is 48.5 Å².